The number of carbonyl (C=O) groups excluding carboxylic acids is 2. The van der Waals surface area contributed by atoms with Crippen LogP contribution in [0, 0.1) is 0 Å². The van der Waals surface area contributed by atoms with E-state index in [0.717, 1.165) is 11.1 Å². The lowest BCUT2D eigenvalue weighted by molar-refractivity contribution is -0.142. The first-order valence-electron chi connectivity index (χ1n) is 9.51. The number of anilines is 1. The van der Waals surface area contributed by atoms with Crippen molar-refractivity contribution in [3.63, 3.8) is 0 Å². The first-order chi connectivity index (χ1) is 13.9. The van der Waals surface area contributed by atoms with Crippen molar-refractivity contribution in [2.24, 2.45) is 7.05 Å². The van der Waals surface area contributed by atoms with Crippen LogP contribution in [-0.4, -0.2) is 44.5 Å². The van der Waals surface area contributed by atoms with Gasteiger partial charge in [0.15, 0.2) is 5.82 Å². The monoisotopic (exact) mass is 416 g/mol. The molecule has 2 rings (SSSR count). The van der Waals surface area contributed by atoms with Crippen molar-refractivity contribution < 1.29 is 24.2 Å². The lowest BCUT2D eigenvalue weighted by Crippen LogP contribution is -2.43. The van der Waals surface area contributed by atoms with Crippen LogP contribution in [0.4, 0.5) is 10.6 Å². The van der Waals surface area contributed by atoms with Crippen LogP contribution in [0.1, 0.15) is 46.1 Å². The maximum atomic E-state index is 12.1. The van der Waals surface area contributed by atoms with E-state index < -0.39 is 35.5 Å². The molecular weight excluding hydrogens is 388 g/mol. The van der Waals surface area contributed by atoms with Crippen LogP contribution in [0.15, 0.2) is 30.5 Å². The summed E-state index contributed by atoms with van der Waals surface area (Å²) < 4.78 is 6.86. The van der Waals surface area contributed by atoms with Gasteiger partial charge in [-0.2, -0.15) is 5.10 Å². The zero-order valence-electron chi connectivity index (χ0n) is 18.0. The molecule has 2 atom stereocenters. The normalized spacial score (nSPS) is 13.3. The molecule has 0 bridgehead atoms. The molecule has 162 valence electrons. The van der Waals surface area contributed by atoms with Gasteiger partial charge in [0.1, 0.15) is 11.6 Å². The van der Waals surface area contributed by atoms with Gasteiger partial charge in [0.05, 0.1) is 0 Å². The molecule has 0 radical (unpaired) electrons. The molecule has 0 fully saturated rings. The van der Waals surface area contributed by atoms with Crippen LogP contribution < -0.4 is 10.6 Å². The summed E-state index contributed by atoms with van der Waals surface area (Å²) in [5.74, 6) is -1.58. The van der Waals surface area contributed by atoms with Gasteiger partial charge in [0.2, 0.25) is 5.91 Å². The summed E-state index contributed by atoms with van der Waals surface area (Å²) in [5.41, 5.74) is 1.60. The van der Waals surface area contributed by atoms with Gasteiger partial charge in [0.25, 0.3) is 0 Å². The van der Waals surface area contributed by atoms with Gasteiger partial charge in [-0.25, -0.2) is 9.59 Å². The smallest absolute Gasteiger partial charge is 0.413 e. The summed E-state index contributed by atoms with van der Waals surface area (Å²) in [4.78, 5) is 34.9. The molecule has 2 amide bonds. The molecule has 0 saturated carbocycles. The van der Waals surface area contributed by atoms with Gasteiger partial charge in [-0.1, -0.05) is 31.2 Å². The second-order valence-corrected chi connectivity index (χ2v) is 8.12. The van der Waals surface area contributed by atoms with E-state index in [0.29, 0.717) is 11.4 Å². The molecule has 1 aromatic carbocycles. The molecule has 9 nitrogen and oxygen atoms in total. The number of nitrogens with one attached hydrogen (secondary N) is 2. The van der Waals surface area contributed by atoms with Gasteiger partial charge in [-0.3, -0.25) is 14.8 Å². The average Bonchev–Trinajstić information content (AvgIpc) is 2.97. The zero-order valence-corrected chi connectivity index (χ0v) is 18.0. The average molecular weight is 416 g/mol. The zero-order chi connectivity index (χ0) is 22.6. The van der Waals surface area contributed by atoms with E-state index in [1.54, 1.807) is 57.8 Å². The summed E-state index contributed by atoms with van der Waals surface area (Å²) >= 11 is 0. The number of hydrogen-bond acceptors (Lipinski definition) is 5. The van der Waals surface area contributed by atoms with Crippen LogP contribution in [0.5, 0.6) is 0 Å². The predicted octanol–water partition coefficient (Wildman–Crippen LogP) is 3.13. The van der Waals surface area contributed by atoms with Crippen molar-refractivity contribution in [3.8, 4) is 11.1 Å². The minimum atomic E-state index is -1.10. The van der Waals surface area contributed by atoms with Crippen molar-refractivity contribution >= 4 is 23.8 Å². The molecule has 0 spiro atoms. The highest BCUT2D eigenvalue weighted by atomic mass is 16.6. The maximum absolute atomic E-state index is 12.1. The fourth-order valence-corrected chi connectivity index (χ4v) is 2.97. The quantitative estimate of drug-likeness (QED) is 0.665. The fraction of sp³-hybridized carbons (Fsp3) is 0.429. The molecule has 0 saturated heterocycles. The third kappa shape index (κ3) is 6.07. The Morgan fingerprint density at radius 3 is 2.27 bits per heavy atom. The van der Waals surface area contributed by atoms with Crippen molar-refractivity contribution in [3.05, 3.63) is 36.0 Å². The van der Waals surface area contributed by atoms with Crippen LogP contribution in [0.2, 0.25) is 0 Å². The van der Waals surface area contributed by atoms with E-state index in [9.17, 15) is 19.5 Å². The van der Waals surface area contributed by atoms with Crippen molar-refractivity contribution in [2.45, 2.75) is 52.2 Å². The lowest BCUT2D eigenvalue weighted by atomic mass is 9.92. The largest absolute Gasteiger partial charge is 0.480 e. The van der Waals surface area contributed by atoms with Crippen molar-refractivity contribution in [1.29, 1.82) is 0 Å². The Kier molecular flexibility index (Phi) is 6.86. The molecule has 3 N–H and O–H groups in total. The van der Waals surface area contributed by atoms with Crippen molar-refractivity contribution in [2.75, 3.05) is 5.32 Å². The Hall–Kier alpha value is -3.36. The molecule has 1 heterocycles. The Bertz CT molecular complexity index is 928. The number of nitrogens with zero attached hydrogens (tertiary/aromatic N) is 2. The predicted molar refractivity (Wildman–Crippen MR) is 112 cm³/mol. The minimum absolute atomic E-state index is 0.356. The van der Waals surface area contributed by atoms with Crippen molar-refractivity contribution in [1.82, 2.24) is 15.1 Å². The topological polar surface area (TPSA) is 123 Å². The second-order valence-electron chi connectivity index (χ2n) is 8.12. The van der Waals surface area contributed by atoms with Gasteiger partial charge in [0, 0.05) is 31.6 Å². The number of aliphatic carboxylic acids is 1. The van der Waals surface area contributed by atoms with E-state index in [1.807, 2.05) is 12.1 Å². The van der Waals surface area contributed by atoms with Gasteiger partial charge in [-0.05, 0) is 31.9 Å². The van der Waals surface area contributed by atoms with Crippen LogP contribution >= 0.6 is 0 Å². The Morgan fingerprint density at radius 2 is 1.77 bits per heavy atom. The minimum Gasteiger partial charge on any atom is -0.480 e. The highest BCUT2D eigenvalue weighted by molar-refractivity contribution is 5.89. The number of carbonyl (C=O) groups is 3. The molecule has 2 aromatic rings. The van der Waals surface area contributed by atoms with Crippen LogP contribution in [0.25, 0.3) is 11.1 Å². The van der Waals surface area contributed by atoms with Gasteiger partial charge in [-0.15, -0.1) is 0 Å². The first kappa shape index (κ1) is 22.9. The summed E-state index contributed by atoms with van der Waals surface area (Å²) in [5, 5.41) is 18.8. The molecule has 0 aliphatic carbocycles. The summed E-state index contributed by atoms with van der Waals surface area (Å²) in [6.07, 6.45) is 1.16. The molecule has 0 aliphatic heterocycles. The molecule has 9 heteroatoms. The molecular formula is C21H28N4O5. The maximum Gasteiger partial charge on any atom is 0.413 e. The Labute approximate surface area is 175 Å². The fourth-order valence-electron chi connectivity index (χ4n) is 2.97. The third-order valence-corrected chi connectivity index (χ3v) is 4.32. The van der Waals surface area contributed by atoms with Gasteiger partial charge < -0.3 is 15.2 Å². The number of amides is 2. The summed E-state index contributed by atoms with van der Waals surface area (Å²) in [6, 6.07) is 6.19. The number of ether oxygens (including phenoxy) is 1. The highest BCUT2D eigenvalue weighted by Gasteiger charge is 2.27. The van der Waals surface area contributed by atoms with Crippen LogP contribution in [0.3, 0.4) is 0 Å². The number of carboxylic acids is 1. The summed E-state index contributed by atoms with van der Waals surface area (Å²) in [6.45, 7) is 8.35. The highest BCUT2D eigenvalue weighted by Crippen LogP contribution is 2.29. The Balaban J connectivity index is 2.25. The standard InChI is InChI=1S/C21H28N4O5/c1-12(17(19(27)28)22-13(2)26)14-7-9-15(10-8-14)16-11-25(6)24-18(16)23-20(29)30-21(3,4)5/h7-12,17H,1-6H3,(H,22,26)(H,27,28)(H,23,24,29). The van der Waals surface area contributed by atoms with Crippen LogP contribution in [-0.2, 0) is 21.4 Å². The van der Waals surface area contributed by atoms with E-state index in [-0.39, 0.29) is 0 Å². The molecule has 0 aliphatic rings. The number of aromatic nitrogens is 2. The third-order valence-electron chi connectivity index (χ3n) is 4.32. The first-order valence-corrected chi connectivity index (χ1v) is 9.51. The molecule has 1 aromatic heterocycles. The number of carboxylic acid groups (broad SMARTS) is 1. The second kappa shape index (κ2) is 8.98. The number of rotatable bonds is 6. The van der Waals surface area contributed by atoms with E-state index >= 15 is 0 Å². The van der Waals surface area contributed by atoms with E-state index in [2.05, 4.69) is 15.7 Å². The van der Waals surface area contributed by atoms with E-state index in [1.165, 1.54) is 6.92 Å². The molecule has 2 unspecified atom stereocenters. The lowest BCUT2D eigenvalue weighted by Gasteiger charge is -2.21. The van der Waals surface area contributed by atoms with Gasteiger partial charge >= 0.3 is 12.1 Å². The number of hydrogen-bond donors (Lipinski definition) is 3. The number of aryl methyl sites for hydroxylation is 1. The SMILES string of the molecule is CC(=O)NC(C(=O)O)C(C)c1ccc(-c2cn(C)nc2NC(=O)OC(C)(C)C)cc1. The van der Waals surface area contributed by atoms with E-state index in [4.69, 9.17) is 4.74 Å². The number of benzene rings is 1. The summed E-state index contributed by atoms with van der Waals surface area (Å²) in [7, 11) is 1.74. The Morgan fingerprint density at radius 1 is 1.17 bits per heavy atom. The molecule has 30 heavy (non-hydrogen) atoms.